The van der Waals surface area contributed by atoms with E-state index >= 15 is 0 Å². The third-order valence-electron chi connectivity index (χ3n) is 10.5. The predicted octanol–water partition coefficient (Wildman–Crippen LogP) is 4.69. The molecule has 2 fully saturated rings. The van der Waals surface area contributed by atoms with Crippen LogP contribution in [0.15, 0.2) is 42.1 Å². The van der Waals surface area contributed by atoms with Crippen molar-refractivity contribution in [1.82, 2.24) is 15.6 Å². The molecule has 1 saturated carbocycles. The fourth-order valence-electron chi connectivity index (χ4n) is 8.18. The summed E-state index contributed by atoms with van der Waals surface area (Å²) in [6.45, 7) is 12.3. The highest BCUT2D eigenvalue weighted by molar-refractivity contribution is 5.87. The summed E-state index contributed by atoms with van der Waals surface area (Å²) in [5, 5.41) is 5.52. The Morgan fingerprint density at radius 1 is 1.06 bits per heavy atom. The van der Waals surface area contributed by atoms with Gasteiger partial charge in [0, 0.05) is 56.0 Å². The van der Waals surface area contributed by atoms with Crippen LogP contribution in [0.25, 0.3) is 0 Å². The second-order valence-electron chi connectivity index (χ2n) is 13.7. The van der Waals surface area contributed by atoms with Crippen molar-refractivity contribution in [2.24, 2.45) is 29.6 Å². The van der Waals surface area contributed by atoms with Crippen molar-refractivity contribution < 1.29 is 47.6 Å². The number of hydrogen-bond acceptors (Lipinski definition) is 10. The lowest BCUT2D eigenvalue weighted by Crippen LogP contribution is -2.58. The topological polar surface area (TPSA) is 164 Å². The Balaban J connectivity index is 1.57. The number of ether oxygens (including phenoxy) is 6. The molecule has 0 unspecified atom stereocenters. The van der Waals surface area contributed by atoms with Crippen LogP contribution < -0.4 is 10.6 Å². The zero-order valence-corrected chi connectivity index (χ0v) is 29.4. The first-order chi connectivity index (χ1) is 23.5. The average molecular weight is 686 g/mol. The van der Waals surface area contributed by atoms with Crippen molar-refractivity contribution in [2.45, 2.75) is 103 Å². The molecule has 1 saturated heterocycles. The maximum absolute atomic E-state index is 13.7. The van der Waals surface area contributed by atoms with E-state index in [-0.39, 0.29) is 24.2 Å². The van der Waals surface area contributed by atoms with Gasteiger partial charge in [0.05, 0.1) is 0 Å². The molecular formula is C36H51N3O10. The van der Waals surface area contributed by atoms with Gasteiger partial charge >= 0.3 is 24.1 Å². The van der Waals surface area contributed by atoms with Crippen molar-refractivity contribution >= 4 is 24.1 Å². The van der Waals surface area contributed by atoms with Gasteiger partial charge in [-0.1, -0.05) is 45.9 Å². The average Bonchev–Trinajstić information content (AvgIpc) is 3.67. The number of carbonyl (C=O) groups excluding carboxylic acids is 4. The van der Waals surface area contributed by atoms with Crippen LogP contribution in [0.4, 0.5) is 9.59 Å². The molecule has 0 radical (unpaired) electrons. The number of amides is 2. The monoisotopic (exact) mass is 685 g/mol. The van der Waals surface area contributed by atoms with E-state index in [1.165, 1.54) is 7.11 Å². The van der Waals surface area contributed by atoms with Gasteiger partial charge in [0.25, 0.3) is 0 Å². The van der Waals surface area contributed by atoms with Crippen LogP contribution in [0.2, 0.25) is 0 Å². The second kappa shape index (κ2) is 15.4. The van der Waals surface area contributed by atoms with Crippen molar-refractivity contribution in [3.05, 3.63) is 47.8 Å². The zero-order valence-electron chi connectivity index (χ0n) is 29.4. The van der Waals surface area contributed by atoms with E-state index in [2.05, 4.69) is 15.6 Å². The van der Waals surface area contributed by atoms with E-state index in [0.717, 1.165) is 18.4 Å². The zero-order chi connectivity index (χ0) is 35.5. The highest BCUT2D eigenvalue weighted by Crippen LogP contribution is 2.61. The smallest absolute Gasteiger partial charge is 0.407 e. The summed E-state index contributed by atoms with van der Waals surface area (Å²) < 4.78 is 37.0. The minimum atomic E-state index is -1.06. The lowest BCUT2D eigenvalue weighted by atomic mass is 9.57. The molecule has 0 aromatic carbocycles. The van der Waals surface area contributed by atoms with Gasteiger partial charge in [-0.15, -0.1) is 0 Å². The summed E-state index contributed by atoms with van der Waals surface area (Å²) in [6.07, 6.45) is 3.62. The number of esters is 2. The van der Waals surface area contributed by atoms with Crippen LogP contribution in [0.3, 0.4) is 0 Å². The van der Waals surface area contributed by atoms with Crippen molar-refractivity contribution in [3.63, 3.8) is 0 Å². The molecule has 2 aliphatic heterocycles. The SMILES string of the molecule is CCCNC(=O)O[C@@H]1[C@@H](C)[C@@H](OC(=O)c2ccc[nH]2)[C@@H]2O[C@@]34/C(C)=C/[C@@H](C)[C@@H]([C@@H](C)OC(=O)NCCC)OC(=O)[C@@H](OC)C[C@H]3C=C[C@@H]2[C@@H]14. The van der Waals surface area contributed by atoms with E-state index in [1.807, 2.05) is 52.8 Å². The van der Waals surface area contributed by atoms with Gasteiger partial charge in [-0.3, -0.25) is 0 Å². The largest absolute Gasteiger partial charge is 0.456 e. The quantitative estimate of drug-likeness (QED) is 0.179. The molecule has 1 aromatic heterocycles. The lowest BCUT2D eigenvalue weighted by molar-refractivity contribution is -0.172. The van der Waals surface area contributed by atoms with E-state index < -0.39 is 78.2 Å². The van der Waals surface area contributed by atoms with Gasteiger partial charge in [-0.2, -0.15) is 0 Å². The Hall–Kier alpha value is -3.84. The van der Waals surface area contributed by atoms with E-state index in [0.29, 0.717) is 18.8 Å². The minimum absolute atomic E-state index is 0.205. The molecule has 4 aliphatic rings. The number of aromatic amines is 1. The molecule has 13 nitrogen and oxygen atoms in total. The summed E-state index contributed by atoms with van der Waals surface area (Å²) >= 11 is 0. The van der Waals surface area contributed by atoms with E-state index in [4.69, 9.17) is 28.4 Å². The lowest BCUT2D eigenvalue weighted by Gasteiger charge is -2.49. The highest BCUT2D eigenvalue weighted by atomic mass is 16.6. The minimum Gasteiger partial charge on any atom is -0.456 e. The summed E-state index contributed by atoms with van der Waals surface area (Å²) in [5.74, 6) is -3.02. The maximum Gasteiger partial charge on any atom is 0.407 e. The third kappa shape index (κ3) is 7.10. The molecule has 13 heteroatoms. The molecule has 4 bridgehead atoms. The molecule has 5 rings (SSSR count). The number of alkyl carbamates (subject to hydrolysis) is 2. The van der Waals surface area contributed by atoms with Crippen LogP contribution in [0.1, 0.15) is 71.3 Å². The van der Waals surface area contributed by atoms with Gasteiger partial charge in [0.1, 0.15) is 41.8 Å². The molecule has 2 amide bonds. The normalized spacial score (nSPS) is 36.6. The Bertz CT molecular complexity index is 1410. The van der Waals surface area contributed by atoms with Crippen LogP contribution in [-0.2, 0) is 33.2 Å². The maximum atomic E-state index is 13.7. The first-order valence-corrected chi connectivity index (χ1v) is 17.5. The highest BCUT2D eigenvalue weighted by Gasteiger charge is 2.70. The number of nitrogens with one attached hydrogen (secondary N) is 3. The summed E-state index contributed by atoms with van der Waals surface area (Å²) in [5.41, 5.74) is 0.0893. The number of carbonyl (C=O) groups is 4. The number of aromatic nitrogens is 1. The molecule has 1 spiro atoms. The van der Waals surface area contributed by atoms with E-state index in [1.54, 1.807) is 25.3 Å². The van der Waals surface area contributed by atoms with Gasteiger partial charge < -0.3 is 44.0 Å². The second-order valence-corrected chi connectivity index (χ2v) is 13.7. The fraction of sp³-hybridized carbons (Fsp3) is 0.667. The Morgan fingerprint density at radius 2 is 1.78 bits per heavy atom. The van der Waals surface area contributed by atoms with Crippen LogP contribution >= 0.6 is 0 Å². The van der Waals surface area contributed by atoms with E-state index in [9.17, 15) is 19.2 Å². The molecule has 49 heavy (non-hydrogen) atoms. The predicted molar refractivity (Wildman–Crippen MR) is 177 cm³/mol. The fourth-order valence-corrected chi connectivity index (χ4v) is 8.18. The third-order valence-corrected chi connectivity index (χ3v) is 10.5. The number of H-pyrrole nitrogens is 1. The Morgan fingerprint density at radius 3 is 2.43 bits per heavy atom. The van der Waals surface area contributed by atoms with Gasteiger partial charge in [0.2, 0.25) is 0 Å². The number of methoxy groups -OCH3 is 1. The van der Waals surface area contributed by atoms with Crippen LogP contribution in [0, 0.1) is 29.6 Å². The number of rotatable bonds is 10. The summed E-state index contributed by atoms with van der Waals surface area (Å²) in [6, 6.07) is 3.36. The first kappa shape index (κ1) is 36.4. The first-order valence-electron chi connectivity index (χ1n) is 17.5. The van der Waals surface area contributed by atoms with Gasteiger partial charge in [0.15, 0.2) is 6.10 Å². The molecule has 1 aromatic rings. The van der Waals surface area contributed by atoms with Crippen molar-refractivity contribution in [2.75, 3.05) is 20.2 Å². The van der Waals surface area contributed by atoms with Crippen molar-refractivity contribution in [1.29, 1.82) is 0 Å². The molecule has 2 aliphatic carbocycles. The standard InChI is InChI=1S/C36H51N3O10/c1-8-14-38-34(42)45-22(6)28-19(3)17-20(4)36-23(18-26(44-7)33(41)46-28)12-13-24-27(36)29(48-35(43)39-15-9-2)21(5)30(31(24)49-36)47-32(40)25-11-10-16-37-25/h10-13,16-17,19,21-24,26-31,37H,8-9,14-15,18H2,1-7H3,(H,38,42)(H,39,43)/b20-17+/t19-,21-,22-,23-,24-,26+,27+,28+,29-,30-,31-,36+/m1/s1. The summed E-state index contributed by atoms with van der Waals surface area (Å²) in [7, 11) is 1.45. The number of cyclic esters (lactones) is 1. The molecular weight excluding hydrogens is 634 g/mol. The summed E-state index contributed by atoms with van der Waals surface area (Å²) in [4.78, 5) is 55.6. The Kier molecular flexibility index (Phi) is 11.4. The Labute approximate surface area is 287 Å². The molecule has 3 N–H and O–H groups in total. The van der Waals surface area contributed by atoms with Crippen LogP contribution in [-0.4, -0.2) is 91.5 Å². The number of hydrogen-bond donors (Lipinski definition) is 3. The molecule has 12 atom stereocenters. The molecule has 3 heterocycles. The van der Waals surface area contributed by atoms with Gasteiger partial charge in [-0.25, -0.2) is 19.2 Å². The van der Waals surface area contributed by atoms with Crippen molar-refractivity contribution in [3.8, 4) is 0 Å². The van der Waals surface area contributed by atoms with Gasteiger partial charge in [-0.05, 0) is 50.8 Å². The van der Waals surface area contributed by atoms with Crippen LogP contribution in [0.5, 0.6) is 0 Å². The molecule has 270 valence electrons.